The number of halogens is 1. The molecule has 0 spiro atoms. The van der Waals surface area contributed by atoms with Crippen LogP contribution in [0.5, 0.6) is 0 Å². The molecule has 1 saturated heterocycles. The van der Waals surface area contributed by atoms with Crippen LogP contribution in [0.25, 0.3) is 0 Å². The summed E-state index contributed by atoms with van der Waals surface area (Å²) in [4.78, 5) is 14.9. The highest BCUT2D eigenvalue weighted by Gasteiger charge is 2.50. The van der Waals surface area contributed by atoms with Gasteiger partial charge >= 0.3 is 0 Å². The summed E-state index contributed by atoms with van der Waals surface area (Å²) in [5.41, 5.74) is 0.902. The summed E-state index contributed by atoms with van der Waals surface area (Å²) in [5, 5.41) is 3.43. The van der Waals surface area contributed by atoms with Crippen molar-refractivity contribution in [2.45, 2.75) is 32.1 Å². The molecule has 1 amide bonds. The molecule has 0 radical (unpaired) electrons. The van der Waals surface area contributed by atoms with Gasteiger partial charge in [0, 0.05) is 20.1 Å². The van der Waals surface area contributed by atoms with E-state index in [2.05, 4.69) is 5.32 Å². The Morgan fingerprint density at radius 2 is 2.14 bits per heavy atom. The maximum atomic E-state index is 13.0. The standard InChI is InChI=1S/C18H25FN2O/c1-21(11-9-14-5-7-16(19)8-6-14)17(22)18-10-3-2-4-15(18)12-20-13-18/h5-8,15,20H,2-4,9-13H2,1H3/t15-,18+/m0/s1. The summed E-state index contributed by atoms with van der Waals surface area (Å²) in [5.74, 6) is 0.584. The number of carbonyl (C=O) groups excluding carboxylic acids is 1. The van der Waals surface area contributed by atoms with Crippen molar-refractivity contribution in [3.63, 3.8) is 0 Å². The average Bonchev–Trinajstić information content (AvgIpc) is 2.98. The number of hydrogen-bond donors (Lipinski definition) is 1. The van der Waals surface area contributed by atoms with E-state index in [1.54, 1.807) is 12.1 Å². The Kier molecular flexibility index (Phi) is 4.48. The topological polar surface area (TPSA) is 32.3 Å². The van der Waals surface area contributed by atoms with Crippen LogP contribution in [0, 0.1) is 17.2 Å². The number of benzene rings is 1. The monoisotopic (exact) mass is 304 g/mol. The molecule has 1 heterocycles. The molecular weight excluding hydrogens is 279 g/mol. The third-order valence-corrected chi connectivity index (χ3v) is 5.46. The maximum absolute atomic E-state index is 13.0. The molecule has 1 aliphatic heterocycles. The Morgan fingerprint density at radius 1 is 1.36 bits per heavy atom. The highest BCUT2D eigenvalue weighted by atomic mass is 19.1. The van der Waals surface area contributed by atoms with E-state index in [9.17, 15) is 9.18 Å². The van der Waals surface area contributed by atoms with Gasteiger partial charge in [-0.3, -0.25) is 4.79 Å². The SMILES string of the molecule is CN(CCc1ccc(F)cc1)C(=O)[C@@]12CCCC[C@H]1CNC2. The zero-order chi connectivity index (χ0) is 15.6. The van der Waals surface area contributed by atoms with Crippen LogP contribution in [0.1, 0.15) is 31.2 Å². The summed E-state index contributed by atoms with van der Waals surface area (Å²) in [7, 11) is 1.91. The Balaban J connectivity index is 1.62. The molecule has 0 bridgehead atoms. The molecule has 0 aromatic heterocycles. The van der Waals surface area contributed by atoms with Crippen molar-refractivity contribution in [1.29, 1.82) is 0 Å². The van der Waals surface area contributed by atoms with Crippen LogP contribution in [-0.4, -0.2) is 37.5 Å². The Bertz CT molecular complexity index is 530. The van der Waals surface area contributed by atoms with Gasteiger partial charge in [0.2, 0.25) is 5.91 Å². The number of fused-ring (bicyclic) bond motifs is 1. The van der Waals surface area contributed by atoms with Gasteiger partial charge in [-0.2, -0.15) is 0 Å². The minimum atomic E-state index is -0.214. The van der Waals surface area contributed by atoms with Crippen molar-refractivity contribution in [3.8, 4) is 0 Å². The van der Waals surface area contributed by atoms with Gasteiger partial charge in [0.25, 0.3) is 0 Å². The molecule has 1 saturated carbocycles. The first-order chi connectivity index (χ1) is 10.6. The third kappa shape index (κ3) is 2.89. The van der Waals surface area contributed by atoms with Gasteiger partial charge in [0.05, 0.1) is 5.41 Å². The van der Waals surface area contributed by atoms with E-state index in [0.29, 0.717) is 18.4 Å². The fourth-order valence-electron chi connectivity index (χ4n) is 4.10. The summed E-state index contributed by atoms with van der Waals surface area (Å²) < 4.78 is 12.9. The van der Waals surface area contributed by atoms with E-state index in [4.69, 9.17) is 0 Å². The van der Waals surface area contributed by atoms with Crippen molar-refractivity contribution in [2.75, 3.05) is 26.7 Å². The second-order valence-corrected chi connectivity index (χ2v) is 6.83. The van der Waals surface area contributed by atoms with Crippen LogP contribution in [0.3, 0.4) is 0 Å². The second-order valence-electron chi connectivity index (χ2n) is 6.83. The maximum Gasteiger partial charge on any atom is 0.230 e. The molecule has 4 heteroatoms. The van der Waals surface area contributed by atoms with E-state index < -0.39 is 0 Å². The summed E-state index contributed by atoms with van der Waals surface area (Å²) in [6.07, 6.45) is 5.38. The number of carbonyl (C=O) groups is 1. The summed E-state index contributed by atoms with van der Waals surface area (Å²) >= 11 is 0. The van der Waals surface area contributed by atoms with E-state index in [-0.39, 0.29) is 11.2 Å². The van der Waals surface area contributed by atoms with Crippen molar-refractivity contribution in [2.24, 2.45) is 11.3 Å². The average molecular weight is 304 g/mol. The molecule has 0 unspecified atom stereocenters. The molecule has 2 fully saturated rings. The summed E-state index contributed by atoms with van der Waals surface area (Å²) in [6.45, 7) is 2.51. The first-order valence-electron chi connectivity index (χ1n) is 8.32. The Labute approximate surface area is 131 Å². The molecule has 2 atom stereocenters. The summed E-state index contributed by atoms with van der Waals surface area (Å²) in [6, 6.07) is 6.56. The lowest BCUT2D eigenvalue weighted by Gasteiger charge is -2.39. The Hall–Kier alpha value is -1.42. The smallest absolute Gasteiger partial charge is 0.230 e. The van der Waals surface area contributed by atoms with Crippen molar-refractivity contribution >= 4 is 5.91 Å². The van der Waals surface area contributed by atoms with Gasteiger partial charge in [-0.15, -0.1) is 0 Å². The molecular formula is C18H25FN2O. The molecule has 22 heavy (non-hydrogen) atoms. The van der Waals surface area contributed by atoms with E-state index >= 15 is 0 Å². The lowest BCUT2D eigenvalue weighted by molar-refractivity contribution is -0.143. The number of likely N-dealkylation sites (N-methyl/N-ethyl adjacent to an activating group) is 1. The van der Waals surface area contributed by atoms with E-state index in [1.807, 2.05) is 11.9 Å². The predicted octanol–water partition coefficient (Wildman–Crippen LogP) is 2.61. The quantitative estimate of drug-likeness (QED) is 0.927. The minimum Gasteiger partial charge on any atom is -0.345 e. The molecule has 1 aliphatic carbocycles. The number of amides is 1. The van der Waals surface area contributed by atoms with Crippen LogP contribution >= 0.6 is 0 Å². The van der Waals surface area contributed by atoms with Gasteiger partial charge in [-0.25, -0.2) is 4.39 Å². The van der Waals surface area contributed by atoms with Gasteiger partial charge < -0.3 is 10.2 Å². The zero-order valence-electron chi connectivity index (χ0n) is 13.3. The lowest BCUT2D eigenvalue weighted by Crippen LogP contribution is -2.48. The van der Waals surface area contributed by atoms with Crippen LogP contribution in [-0.2, 0) is 11.2 Å². The third-order valence-electron chi connectivity index (χ3n) is 5.46. The highest BCUT2D eigenvalue weighted by molar-refractivity contribution is 5.83. The molecule has 1 aromatic rings. The molecule has 3 nitrogen and oxygen atoms in total. The molecule has 1 N–H and O–H groups in total. The van der Waals surface area contributed by atoms with E-state index in [1.165, 1.54) is 25.0 Å². The van der Waals surface area contributed by atoms with Crippen LogP contribution in [0.15, 0.2) is 24.3 Å². The van der Waals surface area contributed by atoms with Crippen LogP contribution in [0.4, 0.5) is 4.39 Å². The number of hydrogen-bond acceptors (Lipinski definition) is 2. The zero-order valence-corrected chi connectivity index (χ0v) is 13.3. The molecule has 2 aliphatic rings. The van der Waals surface area contributed by atoms with Crippen LogP contribution in [0.2, 0.25) is 0 Å². The second kappa shape index (κ2) is 6.37. The highest BCUT2D eigenvalue weighted by Crippen LogP contribution is 2.44. The van der Waals surface area contributed by atoms with Crippen molar-refractivity contribution in [3.05, 3.63) is 35.6 Å². The fourth-order valence-corrected chi connectivity index (χ4v) is 4.10. The molecule has 1 aromatic carbocycles. The van der Waals surface area contributed by atoms with Crippen molar-refractivity contribution < 1.29 is 9.18 Å². The first-order valence-corrected chi connectivity index (χ1v) is 8.32. The number of rotatable bonds is 4. The fraction of sp³-hybridized carbons (Fsp3) is 0.611. The number of nitrogens with one attached hydrogen (secondary N) is 1. The van der Waals surface area contributed by atoms with Gasteiger partial charge in [-0.1, -0.05) is 25.0 Å². The molecule has 120 valence electrons. The van der Waals surface area contributed by atoms with E-state index in [0.717, 1.165) is 37.9 Å². The largest absolute Gasteiger partial charge is 0.345 e. The Morgan fingerprint density at radius 3 is 2.91 bits per heavy atom. The van der Waals surface area contributed by atoms with Crippen molar-refractivity contribution in [1.82, 2.24) is 10.2 Å². The predicted molar refractivity (Wildman–Crippen MR) is 85.0 cm³/mol. The van der Waals surface area contributed by atoms with Crippen LogP contribution < -0.4 is 5.32 Å². The molecule has 3 rings (SSSR count). The lowest BCUT2D eigenvalue weighted by atomic mass is 9.67. The number of nitrogens with zero attached hydrogens (tertiary/aromatic N) is 1. The minimum absolute atomic E-state index is 0.171. The first kappa shape index (κ1) is 15.5. The van der Waals surface area contributed by atoms with Gasteiger partial charge in [0.15, 0.2) is 0 Å². The van der Waals surface area contributed by atoms with Gasteiger partial charge in [0.1, 0.15) is 5.82 Å². The van der Waals surface area contributed by atoms with Gasteiger partial charge in [-0.05, 0) is 49.4 Å². The normalized spacial score (nSPS) is 27.5.